The van der Waals surface area contributed by atoms with Crippen LogP contribution in [-0.2, 0) is 0 Å². The minimum Gasteiger partial charge on any atom is -0.413 e. The molecule has 0 N–H and O–H groups in total. The second-order valence-corrected chi connectivity index (χ2v) is 3.77. The first-order valence-corrected chi connectivity index (χ1v) is 4.87. The van der Waals surface area contributed by atoms with Gasteiger partial charge in [0.1, 0.15) is 7.11 Å². The van der Waals surface area contributed by atoms with Crippen LogP contribution in [0, 0.1) is 0 Å². The van der Waals surface area contributed by atoms with Crippen molar-refractivity contribution in [2.75, 3.05) is 7.11 Å². The molecule has 0 fully saturated rings. The van der Waals surface area contributed by atoms with Crippen molar-refractivity contribution in [3.05, 3.63) is 45.2 Å². The third-order valence-corrected chi connectivity index (χ3v) is 2.49. The molecule has 1 aromatic carbocycles. The molecular weight excluding hydrogens is 246 g/mol. The number of aromatic nitrogens is 1. The number of hydrogen-bond donors (Lipinski definition) is 0. The molecule has 72 valence electrons. The molecule has 0 saturated carbocycles. The van der Waals surface area contributed by atoms with E-state index in [1.54, 1.807) is 6.07 Å². The first kappa shape index (κ1) is 9.27. The Bertz CT molecular complexity index is 533. The molecular formula is C10H8BrNO2. The summed E-state index contributed by atoms with van der Waals surface area (Å²) in [6.07, 6.45) is 0. The van der Waals surface area contributed by atoms with E-state index in [4.69, 9.17) is 4.84 Å². The zero-order valence-corrected chi connectivity index (χ0v) is 9.11. The second kappa shape index (κ2) is 3.46. The molecule has 0 radical (unpaired) electrons. The molecule has 1 heterocycles. The normalized spacial score (nSPS) is 10.4. The quantitative estimate of drug-likeness (QED) is 0.777. The molecule has 14 heavy (non-hydrogen) atoms. The lowest BCUT2D eigenvalue weighted by molar-refractivity contribution is 0.169. The highest BCUT2D eigenvalue weighted by Gasteiger charge is 2.02. The van der Waals surface area contributed by atoms with Crippen LogP contribution in [0.4, 0.5) is 0 Å². The average molecular weight is 254 g/mol. The Labute approximate surface area is 89.0 Å². The Balaban J connectivity index is 2.89. The Morgan fingerprint density at radius 3 is 2.79 bits per heavy atom. The fourth-order valence-corrected chi connectivity index (χ4v) is 1.76. The number of fused-ring (bicyclic) bond motifs is 1. The molecule has 0 amide bonds. The van der Waals surface area contributed by atoms with Gasteiger partial charge in [-0.05, 0) is 24.3 Å². The highest BCUT2D eigenvalue weighted by Crippen LogP contribution is 2.17. The van der Waals surface area contributed by atoms with Gasteiger partial charge in [-0.1, -0.05) is 15.9 Å². The summed E-state index contributed by atoms with van der Waals surface area (Å²) in [5.74, 6) is 0. The third kappa shape index (κ3) is 1.42. The van der Waals surface area contributed by atoms with Crippen molar-refractivity contribution in [3.8, 4) is 0 Å². The van der Waals surface area contributed by atoms with Crippen LogP contribution in [0.3, 0.4) is 0 Å². The molecule has 4 heteroatoms. The monoisotopic (exact) mass is 253 g/mol. The zero-order valence-electron chi connectivity index (χ0n) is 7.53. The summed E-state index contributed by atoms with van der Waals surface area (Å²) in [5, 5.41) is 0.959. The number of benzene rings is 1. The van der Waals surface area contributed by atoms with Crippen LogP contribution in [-0.4, -0.2) is 11.8 Å². The van der Waals surface area contributed by atoms with Crippen LogP contribution in [0.2, 0.25) is 0 Å². The van der Waals surface area contributed by atoms with Gasteiger partial charge in [0.25, 0.3) is 5.56 Å². The molecule has 3 nitrogen and oxygen atoms in total. The molecule has 2 aromatic rings. The van der Waals surface area contributed by atoms with E-state index >= 15 is 0 Å². The van der Waals surface area contributed by atoms with Gasteiger partial charge in [-0.3, -0.25) is 4.79 Å². The molecule has 0 saturated heterocycles. The van der Waals surface area contributed by atoms with Gasteiger partial charge in [0, 0.05) is 15.9 Å². The minimum atomic E-state index is -0.165. The van der Waals surface area contributed by atoms with E-state index in [2.05, 4.69) is 15.9 Å². The maximum absolute atomic E-state index is 11.4. The maximum Gasteiger partial charge on any atom is 0.283 e. The molecule has 0 aliphatic heterocycles. The lowest BCUT2D eigenvalue weighted by atomic mass is 10.2. The standard InChI is InChI=1S/C10H8BrNO2/c1-14-12-9-4-3-8(11)6-7(9)2-5-10(12)13/h2-6H,1H3. The summed E-state index contributed by atoms with van der Waals surface area (Å²) in [6.45, 7) is 0. The zero-order chi connectivity index (χ0) is 10.1. The summed E-state index contributed by atoms with van der Waals surface area (Å²) >= 11 is 3.37. The maximum atomic E-state index is 11.4. The first-order chi connectivity index (χ1) is 6.72. The number of nitrogens with zero attached hydrogens (tertiary/aromatic N) is 1. The Kier molecular flexibility index (Phi) is 2.29. The molecule has 0 atom stereocenters. The van der Waals surface area contributed by atoms with Crippen molar-refractivity contribution in [2.24, 2.45) is 0 Å². The largest absolute Gasteiger partial charge is 0.413 e. The van der Waals surface area contributed by atoms with Crippen molar-refractivity contribution < 1.29 is 4.84 Å². The molecule has 1 aromatic heterocycles. The average Bonchev–Trinajstić information content (AvgIpc) is 2.18. The Morgan fingerprint density at radius 2 is 2.07 bits per heavy atom. The van der Waals surface area contributed by atoms with Gasteiger partial charge >= 0.3 is 0 Å². The van der Waals surface area contributed by atoms with E-state index in [9.17, 15) is 4.79 Å². The summed E-state index contributed by atoms with van der Waals surface area (Å²) in [5.41, 5.74) is 0.602. The van der Waals surface area contributed by atoms with Gasteiger partial charge in [0.05, 0.1) is 5.52 Å². The van der Waals surface area contributed by atoms with Gasteiger partial charge in [0.2, 0.25) is 0 Å². The SMILES string of the molecule is COn1c(=O)ccc2cc(Br)ccc21. The molecule has 0 aliphatic rings. The summed E-state index contributed by atoms with van der Waals surface area (Å²) in [7, 11) is 1.48. The van der Waals surface area contributed by atoms with E-state index in [1.807, 2.05) is 18.2 Å². The number of pyridine rings is 1. The second-order valence-electron chi connectivity index (χ2n) is 2.85. The van der Waals surface area contributed by atoms with E-state index in [1.165, 1.54) is 17.9 Å². The molecule has 0 spiro atoms. The van der Waals surface area contributed by atoms with Gasteiger partial charge in [-0.15, -0.1) is 4.73 Å². The van der Waals surface area contributed by atoms with Crippen LogP contribution in [0.15, 0.2) is 39.6 Å². The predicted molar refractivity (Wildman–Crippen MR) is 58.4 cm³/mol. The Hall–Kier alpha value is -1.29. The fourth-order valence-electron chi connectivity index (χ4n) is 1.38. The fraction of sp³-hybridized carbons (Fsp3) is 0.100. The van der Waals surface area contributed by atoms with Crippen molar-refractivity contribution >= 4 is 26.8 Å². The number of hydrogen-bond acceptors (Lipinski definition) is 2. The highest BCUT2D eigenvalue weighted by atomic mass is 79.9. The van der Waals surface area contributed by atoms with Crippen LogP contribution in [0.1, 0.15) is 0 Å². The van der Waals surface area contributed by atoms with Crippen molar-refractivity contribution in [1.82, 2.24) is 4.73 Å². The summed E-state index contributed by atoms with van der Waals surface area (Å²) in [4.78, 5) is 16.4. The molecule has 2 rings (SSSR count). The van der Waals surface area contributed by atoms with Crippen molar-refractivity contribution in [1.29, 1.82) is 0 Å². The van der Waals surface area contributed by atoms with E-state index < -0.39 is 0 Å². The van der Waals surface area contributed by atoms with E-state index in [0.29, 0.717) is 0 Å². The lowest BCUT2D eigenvalue weighted by Crippen LogP contribution is -2.23. The van der Waals surface area contributed by atoms with E-state index in [-0.39, 0.29) is 5.56 Å². The topological polar surface area (TPSA) is 31.2 Å². The highest BCUT2D eigenvalue weighted by molar-refractivity contribution is 9.10. The number of rotatable bonds is 1. The van der Waals surface area contributed by atoms with Gasteiger partial charge in [0.15, 0.2) is 0 Å². The minimum absolute atomic E-state index is 0.165. The van der Waals surface area contributed by atoms with Crippen LogP contribution < -0.4 is 10.4 Å². The lowest BCUT2D eigenvalue weighted by Gasteiger charge is -2.07. The summed E-state index contributed by atoms with van der Waals surface area (Å²) in [6, 6.07) is 8.90. The van der Waals surface area contributed by atoms with Crippen molar-refractivity contribution in [3.63, 3.8) is 0 Å². The predicted octanol–water partition coefficient (Wildman–Crippen LogP) is 1.82. The first-order valence-electron chi connectivity index (χ1n) is 4.08. The van der Waals surface area contributed by atoms with E-state index in [0.717, 1.165) is 15.4 Å². The van der Waals surface area contributed by atoms with Gasteiger partial charge in [-0.2, -0.15) is 0 Å². The van der Waals surface area contributed by atoms with Gasteiger partial charge in [-0.25, -0.2) is 0 Å². The summed E-state index contributed by atoms with van der Waals surface area (Å²) < 4.78 is 2.24. The third-order valence-electron chi connectivity index (χ3n) is 2.00. The van der Waals surface area contributed by atoms with Crippen molar-refractivity contribution in [2.45, 2.75) is 0 Å². The smallest absolute Gasteiger partial charge is 0.283 e. The molecule has 0 bridgehead atoms. The van der Waals surface area contributed by atoms with Crippen LogP contribution >= 0.6 is 15.9 Å². The van der Waals surface area contributed by atoms with Gasteiger partial charge < -0.3 is 4.84 Å². The van der Waals surface area contributed by atoms with Crippen LogP contribution in [0.5, 0.6) is 0 Å². The number of halogens is 1. The Morgan fingerprint density at radius 1 is 1.29 bits per heavy atom. The molecule has 0 aliphatic carbocycles. The van der Waals surface area contributed by atoms with Crippen LogP contribution in [0.25, 0.3) is 10.9 Å². The molecule has 0 unspecified atom stereocenters.